The zero-order chi connectivity index (χ0) is 12.1. The predicted octanol–water partition coefficient (Wildman–Crippen LogP) is 1.85. The Kier molecular flexibility index (Phi) is 3.70. The van der Waals surface area contributed by atoms with Gasteiger partial charge in [0, 0.05) is 18.0 Å². The van der Waals surface area contributed by atoms with Crippen molar-refractivity contribution in [2.24, 2.45) is 4.40 Å². The summed E-state index contributed by atoms with van der Waals surface area (Å²) in [4.78, 5) is 29.3. The third-order valence-electron chi connectivity index (χ3n) is 1.53. The van der Waals surface area contributed by atoms with Crippen LogP contribution in [-0.2, 0) is 4.79 Å². The summed E-state index contributed by atoms with van der Waals surface area (Å²) in [6.07, 6.45) is 1.20. The number of rotatable bonds is 4. The molecule has 8 nitrogen and oxygen atoms in total. The molecule has 16 heavy (non-hydrogen) atoms. The van der Waals surface area contributed by atoms with Crippen molar-refractivity contribution >= 4 is 29.4 Å². The second-order valence-electron chi connectivity index (χ2n) is 2.44. The fourth-order valence-corrected chi connectivity index (χ4v) is 1.40. The molecule has 0 radical (unpaired) electrons. The number of nitro groups is 2. The number of hydrogen-bond donors (Lipinski definition) is 0. The topological polar surface area (TPSA) is 116 Å². The number of nitro benzene ring substituents is 2. The SMILES string of the molecule is O=C=NSc1ccc([N+](=O)[O-])cc1[N+](=O)[O-]. The van der Waals surface area contributed by atoms with Crippen molar-refractivity contribution in [1.82, 2.24) is 0 Å². The first-order valence-electron chi connectivity index (χ1n) is 3.73. The third-order valence-corrected chi connectivity index (χ3v) is 2.24. The Labute approximate surface area is 92.4 Å². The van der Waals surface area contributed by atoms with E-state index in [-0.39, 0.29) is 4.90 Å². The van der Waals surface area contributed by atoms with E-state index in [9.17, 15) is 25.0 Å². The second-order valence-corrected chi connectivity index (χ2v) is 3.25. The maximum atomic E-state index is 10.6. The minimum atomic E-state index is -0.782. The van der Waals surface area contributed by atoms with Gasteiger partial charge in [0.15, 0.2) is 0 Å². The molecule has 1 aromatic carbocycles. The Morgan fingerprint density at radius 2 is 1.94 bits per heavy atom. The molecule has 0 unspecified atom stereocenters. The quantitative estimate of drug-likeness (QED) is 0.261. The summed E-state index contributed by atoms with van der Waals surface area (Å²) in [5, 5.41) is 21.0. The average Bonchev–Trinajstić information content (AvgIpc) is 2.25. The molecular formula is C7H3N3O5S. The first kappa shape index (κ1) is 11.8. The molecule has 1 rings (SSSR count). The van der Waals surface area contributed by atoms with E-state index in [1.807, 2.05) is 0 Å². The molecule has 0 bridgehead atoms. The van der Waals surface area contributed by atoms with Gasteiger partial charge in [-0.15, -0.1) is 4.40 Å². The van der Waals surface area contributed by atoms with Gasteiger partial charge >= 0.3 is 0 Å². The van der Waals surface area contributed by atoms with Crippen molar-refractivity contribution < 1.29 is 14.6 Å². The molecule has 0 atom stereocenters. The highest BCUT2D eigenvalue weighted by atomic mass is 32.2. The van der Waals surface area contributed by atoms with Crippen molar-refractivity contribution in [3.63, 3.8) is 0 Å². The van der Waals surface area contributed by atoms with Crippen LogP contribution in [0.15, 0.2) is 27.5 Å². The molecule has 82 valence electrons. The third kappa shape index (κ3) is 2.62. The lowest BCUT2D eigenvalue weighted by molar-refractivity contribution is -0.396. The molecule has 1 aromatic rings. The lowest BCUT2D eigenvalue weighted by Crippen LogP contribution is -1.93. The first-order chi connectivity index (χ1) is 7.56. The van der Waals surface area contributed by atoms with E-state index in [2.05, 4.69) is 4.40 Å². The van der Waals surface area contributed by atoms with Crippen LogP contribution in [-0.4, -0.2) is 15.9 Å². The minimum absolute atomic E-state index is 0.0407. The lowest BCUT2D eigenvalue weighted by atomic mass is 10.3. The minimum Gasteiger partial charge on any atom is -0.258 e. The van der Waals surface area contributed by atoms with Crippen molar-refractivity contribution in [1.29, 1.82) is 0 Å². The fraction of sp³-hybridized carbons (Fsp3) is 0. The standard InChI is InChI=1S/C7H3N3O5S/c11-4-8-16-7-2-1-5(9(12)13)3-6(7)10(14)15/h1-3H. The van der Waals surface area contributed by atoms with E-state index in [0.717, 1.165) is 18.2 Å². The van der Waals surface area contributed by atoms with Gasteiger partial charge in [-0.2, -0.15) is 0 Å². The van der Waals surface area contributed by atoms with E-state index in [4.69, 9.17) is 0 Å². The summed E-state index contributed by atoms with van der Waals surface area (Å²) < 4.78 is 3.10. The average molecular weight is 241 g/mol. The number of isocyanates is 1. The Bertz CT molecular complexity index is 497. The van der Waals surface area contributed by atoms with Crippen LogP contribution in [0, 0.1) is 20.2 Å². The summed E-state index contributed by atoms with van der Waals surface area (Å²) in [6, 6.07) is 3.06. The number of non-ortho nitro benzene ring substituents is 1. The number of benzene rings is 1. The van der Waals surface area contributed by atoms with Crippen LogP contribution in [0.3, 0.4) is 0 Å². The van der Waals surface area contributed by atoms with Crippen molar-refractivity contribution in [2.45, 2.75) is 4.90 Å². The van der Waals surface area contributed by atoms with E-state index in [0.29, 0.717) is 11.9 Å². The van der Waals surface area contributed by atoms with Crippen molar-refractivity contribution in [3.8, 4) is 0 Å². The number of carbonyl (C=O) groups excluding carboxylic acids is 1. The van der Waals surface area contributed by atoms with Gasteiger partial charge in [-0.05, 0) is 6.07 Å². The highest BCUT2D eigenvalue weighted by molar-refractivity contribution is 7.98. The molecule has 0 aliphatic carbocycles. The Hall–Kier alpha value is -2.25. The van der Waals surface area contributed by atoms with Crippen LogP contribution in [0.5, 0.6) is 0 Å². The molecule has 0 amide bonds. The van der Waals surface area contributed by atoms with Gasteiger partial charge in [0.2, 0.25) is 6.08 Å². The van der Waals surface area contributed by atoms with Crippen LogP contribution in [0.4, 0.5) is 11.4 Å². The Balaban J connectivity index is 3.24. The van der Waals surface area contributed by atoms with Gasteiger partial charge in [0.1, 0.15) is 4.90 Å². The molecule has 0 N–H and O–H groups in total. The monoisotopic (exact) mass is 241 g/mol. The van der Waals surface area contributed by atoms with E-state index in [1.54, 1.807) is 0 Å². The maximum Gasteiger partial charge on any atom is 0.291 e. The van der Waals surface area contributed by atoms with Gasteiger partial charge in [0.05, 0.1) is 15.9 Å². The summed E-state index contributed by atoms with van der Waals surface area (Å²) in [7, 11) is 0. The Morgan fingerprint density at radius 1 is 1.25 bits per heavy atom. The molecule has 9 heteroatoms. The fourth-order valence-electron chi connectivity index (χ4n) is 0.907. The summed E-state index contributed by atoms with van der Waals surface area (Å²) in [5.41, 5.74) is -0.871. The molecule has 0 heterocycles. The molecule has 0 saturated heterocycles. The highest BCUT2D eigenvalue weighted by Gasteiger charge is 2.19. The molecule has 0 spiro atoms. The van der Waals surface area contributed by atoms with Gasteiger partial charge in [0.25, 0.3) is 11.4 Å². The molecule has 0 aliphatic rings. The number of hydrogen-bond acceptors (Lipinski definition) is 7. The van der Waals surface area contributed by atoms with E-state index in [1.165, 1.54) is 6.08 Å². The van der Waals surface area contributed by atoms with Gasteiger partial charge < -0.3 is 0 Å². The molecule has 0 aliphatic heterocycles. The highest BCUT2D eigenvalue weighted by Crippen LogP contribution is 2.32. The number of nitrogens with zero attached hydrogens (tertiary/aromatic N) is 3. The summed E-state index contributed by atoms with van der Waals surface area (Å²) >= 11 is 0.533. The van der Waals surface area contributed by atoms with Crippen LogP contribution < -0.4 is 0 Å². The normalized spacial score (nSPS) is 9.25. The smallest absolute Gasteiger partial charge is 0.258 e. The zero-order valence-electron chi connectivity index (χ0n) is 7.52. The van der Waals surface area contributed by atoms with E-state index >= 15 is 0 Å². The summed E-state index contributed by atoms with van der Waals surface area (Å²) in [6.45, 7) is 0. The maximum absolute atomic E-state index is 10.6. The second kappa shape index (κ2) is 5.01. The predicted molar refractivity (Wildman–Crippen MR) is 53.7 cm³/mol. The van der Waals surface area contributed by atoms with Gasteiger partial charge in [-0.25, -0.2) is 4.79 Å². The van der Waals surface area contributed by atoms with E-state index < -0.39 is 21.2 Å². The van der Waals surface area contributed by atoms with Crippen LogP contribution in [0.25, 0.3) is 0 Å². The van der Waals surface area contributed by atoms with Crippen LogP contribution >= 0.6 is 11.9 Å². The van der Waals surface area contributed by atoms with Crippen molar-refractivity contribution in [3.05, 3.63) is 38.4 Å². The van der Waals surface area contributed by atoms with Gasteiger partial charge in [-0.1, -0.05) is 0 Å². The molecule has 0 fully saturated rings. The van der Waals surface area contributed by atoms with Gasteiger partial charge in [-0.3, -0.25) is 20.2 Å². The first-order valence-corrected chi connectivity index (χ1v) is 4.50. The zero-order valence-corrected chi connectivity index (χ0v) is 8.34. The largest absolute Gasteiger partial charge is 0.291 e. The molecule has 0 saturated carbocycles. The van der Waals surface area contributed by atoms with Crippen molar-refractivity contribution in [2.75, 3.05) is 0 Å². The molecular weight excluding hydrogens is 238 g/mol. The molecule has 0 aromatic heterocycles. The Morgan fingerprint density at radius 3 is 2.44 bits per heavy atom. The summed E-state index contributed by atoms with van der Waals surface area (Å²) in [5.74, 6) is 0. The lowest BCUT2D eigenvalue weighted by Gasteiger charge is -1.97. The van der Waals surface area contributed by atoms with Crippen LogP contribution in [0.1, 0.15) is 0 Å². The van der Waals surface area contributed by atoms with Crippen LogP contribution in [0.2, 0.25) is 0 Å².